The third kappa shape index (κ3) is 2.51. The molecule has 0 unspecified atom stereocenters. The Morgan fingerprint density at radius 2 is 2.05 bits per heavy atom. The van der Waals surface area contributed by atoms with Crippen LogP contribution in [0.2, 0.25) is 0 Å². The van der Waals surface area contributed by atoms with Gasteiger partial charge in [-0.1, -0.05) is 0 Å². The quantitative estimate of drug-likeness (QED) is 0.923. The van der Waals surface area contributed by atoms with Gasteiger partial charge in [0.1, 0.15) is 17.3 Å². The maximum atomic E-state index is 13.8. The molecule has 6 heteroatoms. The van der Waals surface area contributed by atoms with E-state index in [1.54, 1.807) is 16.2 Å². The number of fused-ring (bicyclic) bond motifs is 1. The number of hydrogen-bond acceptors (Lipinski definition) is 3. The predicted molar refractivity (Wildman–Crippen MR) is 78.7 cm³/mol. The van der Waals surface area contributed by atoms with Crippen LogP contribution < -0.4 is 5.32 Å². The molecule has 0 spiro atoms. The first-order valence-electron chi connectivity index (χ1n) is 6.61. The number of carbonyl (C=O) groups is 1. The summed E-state index contributed by atoms with van der Waals surface area (Å²) < 4.78 is 27.5. The minimum absolute atomic E-state index is 0.0441. The average molecular weight is 308 g/mol. The van der Waals surface area contributed by atoms with E-state index in [1.165, 1.54) is 11.9 Å². The van der Waals surface area contributed by atoms with E-state index in [0.29, 0.717) is 13.1 Å². The zero-order chi connectivity index (χ0) is 15.0. The fourth-order valence-electron chi connectivity index (χ4n) is 2.54. The number of carbonyl (C=O) groups excluding carboxylic acids is 1. The van der Waals surface area contributed by atoms with Gasteiger partial charge in [-0.2, -0.15) is 0 Å². The van der Waals surface area contributed by atoms with Crippen LogP contribution in [0.15, 0.2) is 23.6 Å². The molecule has 1 aromatic heterocycles. The van der Waals surface area contributed by atoms with Gasteiger partial charge >= 0.3 is 0 Å². The Bertz CT molecular complexity index is 676. The molecule has 0 radical (unpaired) electrons. The fraction of sp³-hybridized carbons (Fsp3) is 0.267. The van der Waals surface area contributed by atoms with Gasteiger partial charge in [0.2, 0.25) is 0 Å². The maximum absolute atomic E-state index is 13.8. The van der Waals surface area contributed by atoms with E-state index in [1.807, 2.05) is 11.4 Å². The van der Waals surface area contributed by atoms with Crippen molar-refractivity contribution in [3.05, 3.63) is 51.2 Å². The van der Waals surface area contributed by atoms with Crippen molar-refractivity contribution in [1.82, 2.24) is 4.90 Å². The summed E-state index contributed by atoms with van der Waals surface area (Å²) in [5, 5.41) is 4.44. The van der Waals surface area contributed by atoms with Crippen LogP contribution in [-0.4, -0.2) is 24.4 Å². The van der Waals surface area contributed by atoms with Gasteiger partial charge in [0, 0.05) is 30.6 Å². The number of benzene rings is 1. The minimum atomic E-state index is -0.755. The molecule has 0 bridgehead atoms. The monoisotopic (exact) mass is 308 g/mol. The van der Waals surface area contributed by atoms with Gasteiger partial charge in [-0.15, -0.1) is 11.3 Å². The van der Waals surface area contributed by atoms with Crippen molar-refractivity contribution in [1.29, 1.82) is 0 Å². The fourth-order valence-corrected chi connectivity index (χ4v) is 3.43. The van der Waals surface area contributed by atoms with Crippen LogP contribution in [0.1, 0.15) is 20.8 Å². The third-order valence-corrected chi connectivity index (χ3v) is 4.66. The van der Waals surface area contributed by atoms with Gasteiger partial charge < -0.3 is 10.2 Å². The molecule has 0 saturated heterocycles. The molecule has 1 amide bonds. The van der Waals surface area contributed by atoms with E-state index < -0.39 is 11.6 Å². The van der Waals surface area contributed by atoms with Crippen molar-refractivity contribution in [2.24, 2.45) is 0 Å². The maximum Gasteiger partial charge on any atom is 0.254 e. The normalized spacial score (nSPS) is 14.0. The Morgan fingerprint density at radius 1 is 1.33 bits per heavy atom. The smallest absolute Gasteiger partial charge is 0.254 e. The molecule has 2 heterocycles. The van der Waals surface area contributed by atoms with Crippen molar-refractivity contribution in [3.8, 4) is 0 Å². The van der Waals surface area contributed by atoms with Gasteiger partial charge in [-0.25, -0.2) is 8.78 Å². The van der Waals surface area contributed by atoms with E-state index in [9.17, 15) is 13.6 Å². The van der Waals surface area contributed by atoms with E-state index in [-0.39, 0.29) is 17.2 Å². The number of amides is 1. The van der Waals surface area contributed by atoms with Crippen LogP contribution in [0.4, 0.5) is 14.5 Å². The number of nitrogens with zero attached hydrogens (tertiary/aromatic N) is 1. The Labute approximate surface area is 125 Å². The molecular formula is C15H14F2N2OS. The standard InChI is InChI=1S/C15H14F2N2OS/c1-18-14-11(16)6-10(7-12(14)17)15(20)19-4-2-13-9(8-19)3-5-21-13/h3,5-7,18H,2,4,8H2,1H3. The van der Waals surface area contributed by atoms with Crippen molar-refractivity contribution >= 4 is 22.9 Å². The predicted octanol–water partition coefficient (Wildman–Crippen LogP) is 3.27. The molecule has 1 N–H and O–H groups in total. The molecule has 3 rings (SSSR count). The molecule has 110 valence electrons. The molecule has 0 saturated carbocycles. The van der Waals surface area contributed by atoms with Crippen LogP contribution in [0, 0.1) is 11.6 Å². The van der Waals surface area contributed by atoms with Gasteiger partial charge in [-0.05, 0) is 35.6 Å². The van der Waals surface area contributed by atoms with Gasteiger partial charge in [0.15, 0.2) is 0 Å². The first kappa shape index (κ1) is 14.0. The Hall–Kier alpha value is -1.95. The lowest BCUT2D eigenvalue weighted by Gasteiger charge is -2.27. The summed E-state index contributed by atoms with van der Waals surface area (Å²) in [5.41, 5.74) is 0.945. The summed E-state index contributed by atoms with van der Waals surface area (Å²) in [7, 11) is 1.44. The van der Waals surface area contributed by atoms with Crippen molar-refractivity contribution < 1.29 is 13.6 Å². The van der Waals surface area contributed by atoms with Crippen LogP contribution in [0.25, 0.3) is 0 Å². The number of thiophene rings is 1. The number of anilines is 1. The van der Waals surface area contributed by atoms with E-state index in [0.717, 1.165) is 24.1 Å². The lowest BCUT2D eigenvalue weighted by atomic mass is 10.1. The van der Waals surface area contributed by atoms with Gasteiger partial charge in [0.05, 0.1) is 0 Å². The topological polar surface area (TPSA) is 32.3 Å². The zero-order valence-corrected chi connectivity index (χ0v) is 12.3. The lowest BCUT2D eigenvalue weighted by Crippen LogP contribution is -2.35. The molecule has 21 heavy (non-hydrogen) atoms. The molecule has 1 aromatic carbocycles. The van der Waals surface area contributed by atoms with E-state index in [4.69, 9.17) is 0 Å². The summed E-state index contributed by atoms with van der Waals surface area (Å²) in [6.45, 7) is 1.07. The molecule has 0 aliphatic carbocycles. The van der Waals surface area contributed by atoms with Crippen LogP contribution in [0.3, 0.4) is 0 Å². The summed E-state index contributed by atoms with van der Waals surface area (Å²) in [6, 6.07) is 4.16. The molecular weight excluding hydrogens is 294 g/mol. The molecule has 0 fully saturated rings. The summed E-state index contributed by atoms with van der Waals surface area (Å²) in [6.07, 6.45) is 0.790. The van der Waals surface area contributed by atoms with Crippen molar-refractivity contribution in [2.75, 3.05) is 18.9 Å². The van der Waals surface area contributed by atoms with Gasteiger partial charge in [-0.3, -0.25) is 4.79 Å². The second-order valence-electron chi connectivity index (χ2n) is 4.91. The first-order chi connectivity index (χ1) is 10.1. The Morgan fingerprint density at radius 3 is 2.71 bits per heavy atom. The zero-order valence-electron chi connectivity index (χ0n) is 11.5. The van der Waals surface area contributed by atoms with Crippen LogP contribution in [0.5, 0.6) is 0 Å². The first-order valence-corrected chi connectivity index (χ1v) is 7.49. The summed E-state index contributed by atoms with van der Waals surface area (Å²) in [4.78, 5) is 15.3. The van der Waals surface area contributed by atoms with Crippen molar-refractivity contribution in [3.63, 3.8) is 0 Å². The van der Waals surface area contributed by atoms with Crippen LogP contribution in [-0.2, 0) is 13.0 Å². The average Bonchev–Trinajstić information content (AvgIpc) is 2.93. The van der Waals surface area contributed by atoms with E-state index >= 15 is 0 Å². The summed E-state index contributed by atoms with van der Waals surface area (Å²) >= 11 is 1.68. The minimum Gasteiger partial charge on any atom is -0.383 e. The number of halogens is 2. The Kier molecular flexibility index (Phi) is 3.63. The highest BCUT2D eigenvalue weighted by atomic mass is 32.1. The van der Waals surface area contributed by atoms with Crippen molar-refractivity contribution in [2.45, 2.75) is 13.0 Å². The highest BCUT2D eigenvalue weighted by molar-refractivity contribution is 7.10. The highest BCUT2D eigenvalue weighted by Crippen LogP contribution is 2.26. The second kappa shape index (κ2) is 5.44. The molecule has 0 atom stereocenters. The van der Waals surface area contributed by atoms with Crippen LogP contribution >= 0.6 is 11.3 Å². The number of rotatable bonds is 2. The SMILES string of the molecule is CNc1c(F)cc(C(=O)N2CCc3sccc3C2)cc1F. The largest absolute Gasteiger partial charge is 0.383 e. The Balaban J connectivity index is 1.86. The third-order valence-electron chi connectivity index (χ3n) is 3.63. The van der Waals surface area contributed by atoms with E-state index in [2.05, 4.69) is 5.32 Å². The number of hydrogen-bond donors (Lipinski definition) is 1. The molecule has 2 aromatic rings. The second-order valence-corrected chi connectivity index (χ2v) is 5.91. The molecule has 1 aliphatic heterocycles. The number of nitrogens with one attached hydrogen (secondary N) is 1. The van der Waals surface area contributed by atoms with Gasteiger partial charge in [0.25, 0.3) is 5.91 Å². The molecule has 1 aliphatic rings. The lowest BCUT2D eigenvalue weighted by molar-refractivity contribution is 0.0735. The molecule has 3 nitrogen and oxygen atoms in total. The highest BCUT2D eigenvalue weighted by Gasteiger charge is 2.24. The summed E-state index contributed by atoms with van der Waals surface area (Å²) in [5.74, 6) is -1.85.